The van der Waals surface area contributed by atoms with E-state index in [4.69, 9.17) is 0 Å². The maximum atomic E-state index is 11.2. The zero-order valence-electron chi connectivity index (χ0n) is 10.2. The molecule has 0 fully saturated rings. The molecule has 0 saturated carbocycles. The van der Waals surface area contributed by atoms with Crippen LogP contribution >= 0.6 is 11.8 Å². The van der Waals surface area contributed by atoms with E-state index in [1.165, 1.54) is 13.5 Å². The molecular formula is C12H22O2S. The molecule has 0 aliphatic heterocycles. The zero-order chi connectivity index (χ0) is 11.7. The predicted octanol–water partition coefficient (Wildman–Crippen LogP) is 3.28. The second-order valence-corrected chi connectivity index (χ2v) is 4.98. The highest BCUT2D eigenvalue weighted by Gasteiger charge is 2.05. The monoisotopic (exact) mass is 230 g/mol. The van der Waals surface area contributed by atoms with Crippen LogP contribution in [0, 0.1) is 5.92 Å². The SMILES string of the molecule is CCC(=CCSCCC(C)C)C(=O)OC. The molecule has 0 atom stereocenters. The average Bonchev–Trinajstić information content (AvgIpc) is 2.22. The number of hydrogen-bond acceptors (Lipinski definition) is 3. The van der Waals surface area contributed by atoms with Crippen molar-refractivity contribution in [3.05, 3.63) is 11.6 Å². The summed E-state index contributed by atoms with van der Waals surface area (Å²) in [5, 5.41) is 0. The van der Waals surface area contributed by atoms with Gasteiger partial charge < -0.3 is 4.74 Å². The maximum Gasteiger partial charge on any atom is 0.333 e. The summed E-state index contributed by atoms with van der Waals surface area (Å²) >= 11 is 1.87. The summed E-state index contributed by atoms with van der Waals surface area (Å²) < 4.78 is 4.68. The molecule has 0 bridgehead atoms. The summed E-state index contributed by atoms with van der Waals surface area (Å²) in [6, 6.07) is 0. The number of carbonyl (C=O) groups is 1. The van der Waals surface area contributed by atoms with E-state index in [1.54, 1.807) is 0 Å². The highest BCUT2D eigenvalue weighted by atomic mass is 32.2. The van der Waals surface area contributed by atoms with Crippen molar-refractivity contribution >= 4 is 17.7 Å². The number of carbonyl (C=O) groups excluding carboxylic acids is 1. The van der Waals surface area contributed by atoms with Crippen molar-refractivity contribution in [2.24, 2.45) is 5.92 Å². The van der Waals surface area contributed by atoms with Gasteiger partial charge in [-0.05, 0) is 24.5 Å². The van der Waals surface area contributed by atoms with Crippen molar-refractivity contribution < 1.29 is 9.53 Å². The van der Waals surface area contributed by atoms with Gasteiger partial charge in [-0.3, -0.25) is 0 Å². The van der Waals surface area contributed by atoms with Gasteiger partial charge in [0.25, 0.3) is 0 Å². The fourth-order valence-corrected chi connectivity index (χ4v) is 2.19. The highest BCUT2D eigenvalue weighted by molar-refractivity contribution is 7.99. The lowest BCUT2D eigenvalue weighted by atomic mass is 10.2. The van der Waals surface area contributed by atoms with Crippen LogP contribution in [0.5, 0.6) is 0 Å². The first-order valence-electron chi connectivity index (χ1n) is 5.46. The van der Waals surface area contributed by atoms with Crippen LogP contribution in [0.25, 0.3) is 0 Å². The van der Waals surface area contributed by atoms with E-state index in [2.05, 4.69) is 18.6 Å². The lowest BCUT2D eigenvalue weighted by Gasteiger charge is -2.04. The van der Waals surface area contributed by atoms with Crippen LogP contribution in [0.2, 0.25) is 0 Å². The molecule has 3 heteroatoms. The summed E-state index contributed by atoms with van der Waals surface area (Å²) in [5.74, 6) is 2.63. The minimum atomic E-state index is -0.193. The molecule has 15 heavy (non-hydrogen) atoms. The lowest BCUT2D eigenvalue weighted by molar-refractivity contribution is -0.136. The molecule has 0 aromatic heterocycles. The first kappa shape index (κ1) is 14.6. The van der Waals surface area contributed by atoms with Crippen LogP contribution in [0.3, 0.4) is 0 Å². The fourth-order valence-electron chi connectivity index (χ4n) is 1.06. The standard InChI is InChI=1S/C12H22O2S/c1-5-11(12(13)14-4)7-9-15-8-6-10(2)3/h7,10H,5-6,8-9H2,1-4H3. The minimum absolute atomic E-state index is 0.193. The molecule has 0 N–H and O–H groups in total. The lowest BCUT2D eigenvalue weighted by Crippen LogP contribution is -2.04. The number of thioether (sulfide) groups is 1. The first-order chi connectivity index (χ1) is 7.11. The molecular weight excluding hydrogens is 208 g/mol. The Kier molecular flexibility index (Phi) is 8.58. The van der Waals surface area contributed by atoms with Gasteiger partial charge in [0.1, 0.15) is 0 Å². The number of methoxy groups -OCH3 is 1. The zero-order valence-corrected chi connectivity index (χ0v) is 11.0. The highest BCUT2D eigenvalue weighted by Crippen LogP contribution is 2.11. The molecule has 0 aromatic carbocycles. The molecule has 2 nitrogen and oxygen atoms in total. The second kappa shape index (κ2) is 8.84. The predicted molar refractivity (Wildman–Crippen MR) is 67.2 cm³/mol. The summed E-state index contributed by atoms with van der Waals surface area (Å²) in [4.78, 5) is 11.2. The molecule has 0 aromatic rings. The van der Waals surface area contributed by atoms with Gasteiger partial charge >= 0.3 is 5.97 Å². The van der Waals surface area contributed by atoms with Crippen LogP contribution in [0.1, 0.15) is 33.6 Å². The van der Waals surface area contributed by atoms with Gasteiger partial charge in [0.15, 0.2) is 0 Å². The molecule has 0 spiro atoms. The summed E-state index contributed by atoms with van der Waals surface area (Å²) in [6.45, 7) is 6.42. The van der Waals surface area contributed by atoms with Crippen molar-refractivity contribution in [3.8, 4) is 0 Å². The Morgan fingerprint density at radius 1 is 1.47 bits per heavy atom. The van der Waals surface area contributed by atoms with Crippen molar-refractivity contribution in [3.63, 3.8) is 0 Å². The Bertz CT molecular complexity index is 210. The van der Waals surface area contributed by atoms with Crippen LogP contribution in [0.15, 0.2) is 11.6 Å². The molecule has 0 unspecified atom stereocenters. The van der Waals surface area contributed by atoms with Crippen LogP contribution in [0.4, 0.5) is 0 Å². The largest absolute Gasteiger partial charge is 0.466 e. The fraction of sp³-hybridized carbons (Fsp3) is 0.750. The molecule has 0 amide bonds. The topological polar surface area (TPSA) is 26.3 Å². The third-order valence-corrected chi connectivity index (χ3v) is 3.04. The number of ether oxygens (including phenoxy) is 1. The number of rotatable bonds is 7. The molecule has 0 rings (SSSR count). The van der Waals surface area contributed by atoms with Crippen molar-refractivity contribution in [1.29, 1.82) is 0 Å². The van der Waals surface area contributed by atoms with E-state index in [1.807, 2.05) is 24.8 Å². The van der Waals surface area contributed by atoms with E-state index < -0.39 is 0 Å². The van der Waals surface area contributed by atoms with Crippen molar-refractivity contribution in [2.75, 3.05) is 18.6 Å². The van der Waals surface area contributed by atoms with Crippen molar-refractivity contribution in [2.45, 2.75) is 33.6 Å². The molecule has 0 radical (unpaired) electrons. The molecule has 88 valence electrons. The van der Waals surface area contributed by atoms with Gasteiger partial charge in [-0.1, -0.05) is 26.8 Å². The smallest absolute Gasteiger partial charge is 0.333 e. The summed E-state index contributed by atoms with van der Waals surface area (Å²) in [6.07, 6.45) is 3.96. The van der Waals surface area contributed by atoms with Crippen LogP contribution in [-0.2, 0) is 9.53 Å². The van der Waals surface area contributed by atoms with Gasteiger partial charge in [-0.2, -0.15) is 11.8 Å². The van der Waals surface area contributed by atoms with E-state index in [9.17, 15) is 4.79 Å². The third-order valence-electron chi connectivity index (χ3n) is 2.12. The van der Waals surface area contributed by atoms with Gasteiger partial charge in [-0.15, -0.1) is 0 Å². The van der Waals surface area contributed by atoms with Gasteiger partial charge in [0.05, 0.1) is 7.11 Å². The van der Waals surface area contributed by atoms with Crippen molar-refractivity contribution in [1.82, 2.24) is 0 Å². The van der Waals surface area contributed by atoms with Crippen LogP contribution < -0.4 is 0 Å². The normalized spacial score (nSPS) is 11.9. The first-order valence-corrected chi connectivity index (χ1v) is 6.62. The van der Waals surface area contributed by atoms with Gasteiger partial charge in [0.2, 0.25) is 0 Å². The minimum Gasteiger partial charge on any atom is -0.466 e. The number of esters is 1. The van der Waals surface area contributed by atoms with E-state index in [0.717, 1.165) is 29.4 Å². The maximum absolute atomic E-state index is 11.2. The quantitative estimate of drug-likeness (QED) is 0.381. The van der Waals surface area contributed by atoms with E-state index in [-0.39, 0.29) is 5.97 Å². The average molecular weight is 230 g/mol. The summed E-state index contributed by atoms with van der Waals surface area (Å²) in [7, 11) is 1.43. The van der Waals surface area contributed by atoms with Crippen LogP contribution in [-0.4, -0.2) is 24.6 Å². The third kappa shape index (κ3) is 7.48. The molecule has 0 heterocycles. The Hall–Kier alpha value is -0.440. The molecule has 0 aliphatic carbocycles. The Morgan fingerprint density at radius 3 is 2.60 bits per heavy atom. The van der Waals surface area contributed by atoms with E-state index in [0.29, 0.717) is 0 Å². The Balaban J connectivity index is 3.77. The van der Waals surface area contributed by atoms with Gasteiger partial charge in [0, 0.05) is 11.3 Å². The Morgan fingerprint density at radius 2 is 2.13 bits per heavy atom. The number of hydrogen-bond donors (Lipinski definition) is 0. The van der Waals surface area contributed by atoms with E-state index >= 15 is 0 Å². The summed E-state index contributed by atoms with van der Waals surface area (Å²) in [5.41, 5.74) is 0.787. The second-order valence-electron chi connectivity index (χ2n) is 3.83. The van der Waals surface area contributed by atoms with Gasteiger partial charge in [-0.25, -0.2) is 4.79 Å². The molecule has 0 aliphatic rings. The molecule has 0 saturated heterocycles. The Labute approximate surface area is 97.5 Å².